The van der Waals surface area contributed by atoms with Gasteiger partial charge in [-0.15, -0.1) is 0 Å². The summed E-state index contributed by atoms with van der Waals surface area (Å²) in [7, 11) is 5.99. The van der Waals surface area contributed by atoms with Gasteiger partial charge in [-0.2, -0.15) is 0 Å². The number of allylic oxidation sites excluding steroid dienone is 18. The van der Waals surface area contributed by atoms with E-state index in [-0.39, 0.29) is 32.2 Å². The molecule has 0 bridgehead atoms. The second-order valence-corrected chi connectivity index (χ2v) is 29.1. The van der Waals surface area contributed by atoms with E-state index in [1.165, 1.54) is 250 Å². The van der Waals surface area contributed by atoms with Gasteiger partial charge < -0.3 is 28.5 Å². The van der Waals surface area contributed by atoms with Crippen molar-refractivity contribution >= 4 is 17.9 Å². The third-order valence-electron chi connectivity index (χ3n) is 18.3. The van der Waals surface area contributed by atoms with E-state index in [0.29, 0.717) is 17.4 Å². The normalized spacial score (nSPS) is 13.2. The lowest BCUT2D eigenvalue weighted by atomic mass is 10.0. The second kappa shape index (κ2) is 78.7. The summed E-state index contributed by atoms with van der Waals surface area (Å²) in [6.07, 6.45) is 108. The van der Waals surface area contributed by atoms with Crippen LogP contribution in [0.2, 0.25) is 0 Å². The van der Waals surface area contributed by atoms with Crippen molar-refractivity contribution in [2.45, 2.75) is 392 Å². The highest BCUT2D eigenvalue weighted by Crippen LogP contribution is 2.19. The van der Waals surface area contributed by atoms with Crippen molar-refractivity contribution in [3.8, 4) is 0 Å². The SMILES string of the molecule is CC/C=C\C/C=C\C/C=C\C/C=C\C/C=C\C/C=C\C/C=C\C/C=C\C/C=C\CCCCCCCCCCCCCCCC(=O)OC(COC(=O)CCCCCCCCCCCCCCCCCCCCCCCCCCCCCCCCCC)COC(OCC[N+](C)(C)C)C(=O)O. The number of hydrogen-bond donors (Lipinski definition) is 1. The first-order valence-electron chi connectivity index (χ1n) is 41.6. The van der Waals surface area contributed by atoms with E-state index >= 15 is 0 Å². The summed E-state index contributed by atoms with van der Waals surface area (Å²) in [5.74, 6) is -1.99. The molecule has 0 rings (SSSR count). The van der Waals surface area contributed by atoms with E-state index in [0.717, 1.165) is 103 Å². The van der Waals surface area contributed by atoms with Gasteiger partial charge in [0.1, 0.15) is 13.2 Å². The molecule has 2 atom stereocenters. The number of carbonyl (C=O) groups excluding carboxylic acids is 2. The minimum atomic E-state index is -1.51. The molecule has 0 spiro atoms. The molecule has 0 aliphatic carbocycles. The first-order valence-corrected chi connectivity index (χ1v) is 41.6. The van der Waals surface area contributed by atoms with Crippen molar-refractivity contribution in [3.63, 3.8) is 0 Å². The Labute approximate surface area is 606 Å². The Balaban J connectivity index is 4.02. The summed E-state index contributed by atoms with van der Waals surface area (Å²) in [5, 5.41) is 9.78. The van der Waals surface area contributed by atoms with Crippen LogP contribution in [0.1, 0.15) is 380 Å². The van der Waals surface area contributed by atoms with E-state index in [4.69, 9.17) is 18.9 Å². The van der Waals surface area contributed by atoms with Crippen molar-refractivity contribution in [1.82, 2.24) is 0 Å². The van der Waals surface area contributed by atoms with Crippen LogP contribution in [0, 0.1) is 0 Å². The summed E-state index contributed by atoms with van der Waals surface area (Å²) >= 11 is 0. The molecule has 0 aliphatic rings. The van der Waals surface area contributed by atoms with Crippen LogP contribution in [0.4, 0.5) is 0 Å². The number of aliphatic carboxylic acids is 1. The van der Waals surface area contributed by atoms with Crippen LogP contribution in [0.3, 0.4) is 0 Å². The first-order chi connectivity index (χ1) is 48.1. The van der Waals surface area contributed by atoms with Gasteiger partial charge in [0.2, 0.25) is 0 Å². The third kappa shape index (κ3) is 79.3. The average molecular weight is 1370 g/mol. The molecule has 0 fully saturated rings. The fourth-order valence-electron chi connectivity index (χ4n) is 12.0. The predicted molar refractivity (Wildman–Crippen MR) is 424 cm³/mol. The van der Waals surface area contributed by atoms with Crippen LogP contribution in [0.5, 0.6) is 0 Å². The lowest BCUT2D eigenvalue weighted by molar-refractivity contribution is -0.870. The Morgan fingerprint density at radius 2 is 0.582 bits per heavy atom. The minimum absolute atomic E-state index is 0.182. The lowest BCUT2D eigenvalue weighted by Crippen LogP contribution is -2.40. The number of ether oxygens (including phenoxy) is 4. The Hall–Kier alpha value is -4.05. The Kier molecular flexibility index (Phi) is 75.4. The minimum Gasteiger partial charge on any atom is -0.477 e. The van der Waals surface area contributed by atoms with Crippen molar-refractivity contribution in [1.29, 1.82) is 0 Å². The molecule has 0 amide bonds. The average Bonchev–Trinajstić information content (AvgIpc) is 1.40. The molecule has 0 saturated carbocycles. The standard InChI is InChI=1S/C89H157NO8/c1-6-8-10-12-14-16-18-20-22-24-26-28-30-32-34-36-38-40-41-42-43-44-45-46-47-48-50-52-54-56-58-60-62-64-66-68-70-72-74-76-78-80-87(92)98-85(84-97-89(88(93)94)95-82-81-90(3,4)5)83-96-86(91)79-77-75-73-71-69-67-65-63-61-59-57-55-53-51-49-39-37-35-33-31-29-27-25-23-21-19-17-15-13-11-9-7-2/h8,10,14,16,20,22,26,28,32,34,38,40,42-43,45-46,48,50,85,89H,6-7,9,11-13,15,17-19,21,23-25,27,29-31,33,35-37,39,41,44,47,49,51-84H2,1-5H3/p+1/b10-8-,16-14-,22-20-,28-26-,34-32-,40-38-,43-42-,46-45-,50-48-. The summed E-state index contributed by atoms with van der Waals surface area (Å²) in [4.78, 5) is 37.8. The molecule has 0 aliphatic heterocycles. The molecular weight excluding hydrogens is 1210 g/mol. The molecule has 0 aromatic rings. The van der Waals surface area contributed by atoms with Gasteiger partial charge in [-0.25, -0.2) is 4.79 Å². The highest BCUT2D eigenvalue weighted by atomic mass is 16.7. The summed E-state index contributed by atoms with van der Waals surface area (Å²) in [6, 6.07) is 0. The fourth-order valence-corrected chi connectivity index (χ4v) is 12.0. The van der Waals surface area contributed by atoms with Crippen LogP contribution in [0.25, 0.3) is 0 Å². The van der Waals surface area contributed by atoms with Crippen LogP contribution in [-0.4, -0.2) is 87.4 Å². The summed E-state index contributed by atoms with van der Waals surface area (Å²) in [6.45, 7) is 4.82. The number of rotatable bonds is 77. The number of likely N-dealkylation sites (N-methyl/N-ethyl adjacent to an activating group) is 1. The third-order valence-corrected chi connectivity index (χ3v) is 18.3. The van der Waals surface area contributed by atoms with Crippen molar-refractivity contribution in [2.24, 2.45) is 0 Å². The summed E-state index contributed by atoms with van der Waals surface area (Å²) < 4.78 is 23.1. The molecule has 0 radical (unpaired) electrons. The van der Waals surface area contributed by atoms with Crippen LogP contribution >= 0.6 is 0 Å². The van der Waals surface area contributed by atoms with E-state index in [2.05, 4.69) is 123 Å². The zero-order valence-corrected chi connectivity index (χ0v) is 64.9. The molecule has 0 saturated heterocycles. The van der Waals surface area contributed by atoms with Crippen molar-refractivity contribution < 1.29 is 42.9 Å². The monoisotopic (exact) mass is 1370 g/mol. The molecule has 98 heavy (non-hydrogen) atoms. The smallest absolute Gasteiger partial charge is 0.361 e. The van der Waals surface area contributed by atoms with Gasteiger partial charge in [0.15, 0.2) is 6.10 Å². The van der Waals surface area contributed by atoms with E-state index in [9.17, 15) is 19.5 Å². The topological polar surface area (TPSA) is 108 Å². The second-order valence-electron chi connectivity index (χ2n) is 29.1. The number of unbranched alkanes of at least 4 members (excludes halogenated alkanes) is 44. The molecule has 2 unspecified atom stereocenters. The number of quaternary nitrogens is 1. The van der Waals surface area contributed by atoms with Crippen molar-refractivity contribution in [3.05, 3.63) is 109 Å². The van der Waals surface area contributed by atoms with E-state index in [1.54, 1.807) is 0 Å². The maximum atomic E-state index is 13.0. The Morgan fingerprint density at radius 1 is 0.316 bits per heavy atom. The lowest BCUT2D eigenvalue weighted by Gasteiger charge is -2.25. The quantitative estimate of drug-likeness (QED) is 0.0211. The van der Waals surface area contributed by atoms with Gasteiger partial charge in [0.25, 0.3) is 6.29 Å². The van der Waals surface area contributed by atoms with Gasteiger partial charge in [-0.1, -0.05) is 393 Å². The molecule has 9 nitrogen and oxygen atoms in total. The molecule has 0 aromatic carbocycles. The van der Waals surface area contributed by atoms with E-state index in [1.807, 2.05) is 21.1 Å². The van der Waals surface area contributed by atoms with Crippen LogP contribution in [0.15, 0.2) is 109 Å². The van der Waals surface area contributed by atoms with Gasteiger partial charge in [0, 0.05) is 12.8 Å². The fraction of sp³-hybridized carbons (Fsp3) is 0.764. The van der Waals surface area contributed by atoms with E-state index < -0.39 is 24.3 Å². The van der Waals surface area contributed by atoms with Crippen LogP contribution in [-0.2, 0) is 33.3 Å². The molecular formula is C89H158NO8+. The highest BCUT2D eigenvalue weighted by Gasteiger charge is 2.25. The van der Waals surface area contributed by atoms with Crippen LogP contribution < -0.4 is 0 Å². The van der Waals surface area contributed by atoms with Gasteiger partial charge in [0.05, 0.1) is 34.4 Å². The highest BCUT2D eigenvalue weighted by molar-refractivity contribution is 5.71. The number of nitrogens with zero attached hydrogens (tertiary/aromatic N) is 1. The number of carboxylic acid groups (broad SMARTS) is 1. The molecule has 566 valence electrons. The molecule has 1 N–H and O–H groups in total. The maximum Gasteiger partial charge on any atom is 0.361 e. The molecule has 9 heteroatoms. The predicted octanol–water partition coefficient (Wildman–Crippen LogP) is 26.9. The van der Waals surface area contributed by atoms with Gasteiger partial charge >= 0.3 is 17.9 Å². The number of carboxylic acids is 1. The van der Waals surface area contributed by atoms with Gasteiger partial charge in [-0.3, -0.25) is 9.59 Å². The Morgan fingerprint density at radius 3 is 0.867 bits per heavy atom. The first kappa shape index (κ1) is 93.9. The zero-order valence-electron chi connectivity index (χ0n) is 64.9. The Bertz CT molecular complexity index is 1990. The maximum absolute atomic E-state index is 13.0. The number of carbonyl (C=O) groups is 3. The van der Waals surface area contributed by atoms with Crippen molar-refractivity contribution in [2.75, 3.05) is 47.5 Å². The molecule has 0 heterocycles. The summed E-state index contributed by atoms with van der Waals surface area (Å²) in [5.41, 5.74) is 0. The number of hydrogen-bond acceptors (Lipinski definition) is 7. The largest absolute Gasteiger partial charge is 0.477 e. The van der Waals surface area contributed by atoms with Gasteiger partial charge in [-0.05, 0) is 83.5 Å². The molecule has 0 aromatic heterocycles. The number of esters is 2. The zero-order chi connectivity index (χ0) is 71.1.